The minimum Gasteiger partial charge on any atom is -0.444 e. The van der Waals surface area contributed by atoms with Crippen molar-refractivity contribution in [2.75, 3.05) is 13.1 Å². The second kappa shape index (κ2) is 4.24. The molecule has 0 aromatic rings. The molecule has 0 spiro atoms. The van der Waals surface area contributed by atoms with Gasteiger partial charge in [0.1, 0.15) is 5.60 Å². The fourth-order valence-corrected chi connectivity index (χ4v) is 1.68. The molecule has 1 fully saturated rings. The molecule has 16 heavy (non-hydrogen) atoms. The number of ether oxygens (including phenoxy) is 1. The van der Waals surface area contributed by atoms with Crippen molar-refractivity contribution in [1.29, 1.82) is 0 Å². The standard InChI is InChI=1S/C12H24N2O2/c1-11(2,3)16-10(15)14-7-6-12(4,5)9(13)8-14/h9H,6-8,13H2,1-5H3/t9-/m1/s1. The number of hydrogen-bond donors (Lipinski definition) is 1. The predicted molar refractivity (Wildman–Crippen MR) is 64.2 cm³/mol. The highest BCUT2D eigenvalue weighted by Gasteiger charge is 2.36. The smallest absolute Gasteiger partial charge is 0.410 e. The average Bonchev–Trinajstić information content (AvgIpc) is 2.06. The summed E-state index contributed by atoms with van der Waals surface area (Å²) in [6.45, 7) is 11.2. The third kappa shape index (κ3) is 3.37. The van der Waals surface area contributed by atoms with Gasteiger partial charge in [-0.15, -0.1) is 0 Å². The quantitative estimate of drug-likeness (QED) is 0.689. The fraction of sp³-hybridized carbons (Fsp3) is 0.917. The van der Waals surface area contributed by atoms with E-state index in [9.17, 15) is 4.79 Å². The maximum Gasteiger partial charge on any atom is 0.410 e. The molecule has 0 aromatic heterocycles. The van der Waals surface area contributed by atoms with Crippen molar-refractivity contribution in [1.82, 2.24) is 4.90 Å². The first-order valence-corrected chi connectivity index (χ1v) is 5.85. The summed E-state index contributed by atoms with van der Waals surface area (Å²) in [6.07, 6.45) is 0.673. The van der Waals surface area contributed by atoms with Gasteiger partial charge in [-0.25, -0.2) is 4.79 Å². The number of likely N-dealkylation sites (tertiary alicyclic amines) is 1. The molecule has 0 saturated carbocycles. The maximum atomic E-state index is 11.8. The Hall–Kier alpha value is -0.770. The molecule has 0 aromatic carbocycles. The summed E-state index contributed by atoms with van der Waals surface area (Å²) >= 11 is 0. The van der Waals surface area contributed by atoms with Crippen LogP contribution in [-0.4, -0.2) is 35.7 Å². The first-order valence-electron chi connectivity index (χ1n) is 5.85. The van der Waals surface area contributed by atoms with Gasteiger partial charge in [-0.3, -0.25) is 0 Å². The Balaban J connectivity index is 2.55. The molecular weight excluding hydrogens is 204 g/mol. The van der Waals surface area contributed by atoms with E-state index >= 15 is 0 Å². The number of rotatable bonds is 0. The first kappa shape index (κ1) is 13.3. The summed E-state index contributed by atoms with van der Waals surface area (Å²) in [5.41, 5.74) is 5.73. The zero-order chi connectivity index (χ0) is 12.6. The van der Waals surface area contributed by atoms with Crippen LogP contribution in [0, 0.1) is 5.41 Å². The zero-order valence-electron chi connectivity index (χ0n) is 11.0. The number of nitrogens with two attached hydrogens (primary N) is 1. The molecule has 1 saturated heterocycles. The molecule has 1 aliphatic heterocycles. The van der Waals surface area contributed by atoms with E-state index in [0.717, 1.165) is 13.0 Å². The van der Waals surface area contributed by atoms with Crippen LogP contribution in [0.3, 0.4) is 0 Å². The second-order valence-corrected chi connectivity index (χ2v) is 6.27. The van der Waals surface area contributed by atoms with E-state index in [1.54, 1.807) is 4.90 Å². The van der Waals surface area contributed by atoms with E-state index in [0.29, 0.717) is 6.54 Å². The highest BCUT2D eigenvalue weighted by atomic mass is 16.6. The van der Waals surface area contributed by atoms with Crippen molar-refractivity contribution in [2.24, 2.45) is 11.1 Å². The molecule has 0 bridgehead atoms. The van der Waals surface area contributed by atoms with Gasteiger partial charge in [-0.1, -0.05) is 13.8 Å². The molecule has 1 atom stereocenters. The Morgan fingerprint density at radius 2 is 2.00 bits per heavy atom. The third-order valence-electron chi connectivity index (χ3n) is 3.10. The fourth-order valence-electron chi connectivity index (χ4n) is 1.68. The van der Waals surface area contributed by atoms with Gasteiger partial charge in [0.2, 0.25) is 0 Å². The summed E-state index contributed by atoms with van der Waals surface area (Å²) in [6, 6.07) is 0.0220. The van der Waals surface area contributed by atoms with Crippen LogP contribution in [0.15, 0.2) is 0 Å². The van der Waals surface area contributed by atoms with Crippen molar-refractivity contribution in [3.05, 3.63) is 0 Å². The molecule has 1 rings (SSSR count). The molecule has 4 nitrogen and oxygen atoms in total. The number of amides is 1. The van der Waals surface area contributed by atoms with Crippen LogP contribution >= 0.6 is 0 Å². The van der Waals surface area contributed by atoms with Gasteiger partial charge >= 0.3 is 6.09 Å². The van der Waals surface area contributed by atoms with E-state index < -0.39 is 5.60 Å². The Labute approximate surface area is 98.1 Å². The lowest BCUT2D eigenvalue weighted by atomic mass is 9.79. The Kier molecular flexibility index (Phi) is 3.53. The van der Waals surface area contributed by atoms with E-state index in [2.05, 4.69) is 13.8 Å². The summed E-state index contributed by atoms with van der Waals surface area (Å²) in [4.78, 5) is 13.5. The Morgan fingerprint density at radius 3 is 2.44 bits per heavy atom. The molecule has 1 aliphatic rings. The largest absolute Gasteiger partial charge is 0.444 e. The zero-order valence-corrected chi connectivity index (χ0v) is 11.0. The van der Waals surface area contributed by atoms with Gasteiger partial charge in [0, 0.05) is 19.1 Å². The molecule has 2 N–H and O–H groups in total. The third-order valence-corrected chi connectivity index (χ3v) is 3.10. The van der Waals surface area contributed by atoms with Crippen molar-refractivity contribution in [3.63, 3.8) is 0 Å². The molecule has 1 amide bonds. The first-order chi connectivity index (χ1) is 7.12. The van der Waals surface area contributed by atoms with Gasteiger partial charge < -0.3 is 15.4 Å². The molecule has 94 valence electrons. The summed E-state index contributed by atoms with van der Waals surface area (Å²) < 4.78 is 5.33. The lowest BCUT2D eigenvalue weighted by Gasteiger charge is -2.42. The monoisotopic (exact) mass is 228 g/mol. The van der Waals surface area contributed by atoms with E-state index in [1.165, 1.54) is 0 Å². The normalized spacial score (nSPS) is 25.4. The summed E-state index contributed by atoms with van der Waals surface area (Å²) in [5, 5.41) is 0. The van der Waals surface area contributed by atoms with Crippen LogP contribution in [-0.2, 0) is 4.74 Å². The lowest BCUT2D eigenvalue weighted by Crippen LogP contribution is -2.55. The van der Waals surface area contributed by atoms with E-state index in [-0.39, 0.29) is 17.6 Å². The van der Waals surface area contributed by atoms with Crippen LogP contribution in [0.25, 0.3) is 0 Å². The Bertz CT molecular complexity index is 269. The number of nitrogens with zero attached hydrogens (tertiary/aromatic N) is 1. The summed E-state index contributed by atoms with van der Waals surface area (Å²) in [5.74, 6) is 0. The minimum atomic E-state index is -0.436. The van der Waals surface area contributed by atoms with Crippen LogP contribution in [0.5, 0.6) is 0 Å². The number of carbonyl (C=O) groups is 1. The maximum absolute atomic E-state index is 11.8. The van der Waals surface area contributed by atoms with Crippen LogP contribution in [0.2, 0.25) is 0 Å². The highest BCUT2D eigenvalue weighted by Crippen LogP contribution is 2.29. The SMILES string of the molecule is CC(C)(C)OC(=O)N1CCC(C)(C)[C@H](N)C1. The number of hydrogen-bond acceptors (Lipinski definition) is 3. The van der Waals surface area contributed by atoms with E-state index in [4.69, 9.17) is 10.5 Å². The lowest BCUT2D eigenvalue weighted by molar-refractivity contribution is 0.00948. The van der Waals surface area contributed by atoms with Gasteiger partial charge in [0.15, 0.2) is 0 Å². The highest BCUT2D eigenvalue weighted by molar-refractivity contribution is 5.68. The topological polar surface area (TPSA) is 55.6 Å². The predicted octanol–water partition coefficient (Wildman–Crippen LogP) is 1.98. The van der Waals surface area contributed by atoms with E-state index in [1.807, 2.05) is 20.8 Å². The molecule has 0 unspecified atom stereocenters. The number of carbonyl (C=O) groups excluding carboxylic acids is 1. The molecular formula is C12H24N2O2. The van der Waals surface area contributed by atoms with Crippen molar-refractivity contribution >= 4 is 6.09 Å². The van der Waals surface area contributed by atoms with Crippen LogP contribution < -0.4 is 5.73 Å². The molecule has 4 heteroatoms. The molecule has 0 aliphatic carbocycles. The van der Waals surface area contributed by atoms with Gasteiger partial charge in [-0.2, -0.15) is 0 Å². The van der Waals surface area contributed by atoms with Crippen LogP contribution in [0.1, 0.15) is 41.0 Å². The Morgan fingerprint density at radius 1 is 1.44 bits per heavy atom. The molecule has 1 heterocycles. The van der Waals surface area contributed by atoms with Gasteiger partial charge in [0.25, 0.3) is 0 Å². The van der Waals surface area contributed by atoms with Gasteiger partial charge in [-0.05, 0) is 32.6 Å². The number of piperidine rings is 1. The van der Waals surface area contributed by atoms with Crippen LogP contribution in [0.4, 0.5) is 4.79 Å². The second-order valence-electron chi connectivity index (χ2n) is 6.27. The molecule has 0 radical (unpaired) electrons. The van der Waals surface area contributed by atoms with Crippen molar-refractivity contribution in [3.8, 4) is 0 Å². The minimum absolute atomic E-state index is 0.0220. The van der Waals surface area contributed by atoms with Crippen molar-refractivity contribution < 1.29 is 9.53 Å². The van der Waals surface area contributed by atoms with Gasteiger partial charge in [0.05, 0.1) is 0 Å². The summed E-state index contributed by atoms with van der Waals surface area (Å²) in [7, 11) is 0. The van der Waals surface area contributed by atoms with Crippen molar-refractivity contribution in [2.45, 2.75) is 52.7 Å². The average molecular weight is 228 g/mol.